The Kier molecular flexibility index (Phi) is 5.16. The third kappa shape index (κ3) is 3.46. The lowest BCUT2D eigenvalue weighted by Crippen LogP contribution is -2.43. The Balaban J connectivity index is 1.34. The van der Waals surface area contributed by atoms with Crippen LogP contribution in [0.15, 0.2) is 42.6 Å². The fourth-order valence-corrected chi connectivity index (χ4v) is 5.50. The molecule has 1 amide bonds. The van der Waals surface area contributed by atoms with E-state index in [-0.39, 0.29) is 17.6 Å². The number of hydrogen-bond donors (Lipinski definition) is 1. The maximum Gasteiger partial charge on any atom is 0.243 e. The molecule has 1 atom stereocenters. The lowest BCUT2D eigenvalue weighted by molar-refractivity contribution is -0.122. The summed E-state index contributed by atoms with van der Waals surface area (Å²) in [5.41, 5.74) is 2.81. The first-order valence-electron chi connectivity index (χ1n) is 10.6. The van der Waals surface area contributed by atoms with E-state index < -0.39 is 0 Å². The molecular weight excluding hydrogens is 396 g/mol. The number of anilines is 1. The van der Waals surface area contributed by atoms with E-state index in [1.807, 2.05) is 36.5 Å². The number of benzene rings is 1. The summed E-state index contributed by atoms with van der Waals surface area (Å²) in [5, 5.41) is 3.97. The number of carbonyl (C=O) groups excluding carboxylic acids is 1. The fourth-order valence-electron chi connectivity index (χ4n) is 4.46. The van der Waals surface area contributed by atoms with Crippen molar-refractivity contribution >= 4 is 32.7 Å². The molecule has 0 radical (unpaired) electrons. The van der Waals surface area contributed by atoms with Gasteiger partial charge in [-0.3, -0.25) is 4.79 Å². The molecule has 5 rings (SSSR count). The van der Waals surface area contributed by atoms with Crippen LogP contribution in [-0.2, 0) is 21.7 Å². The highest BCUT2D eigenvalue weighted by Crippen LogP contribution is 2.45. The topological polar surface area (TPSA) is 67.4 Å². The number of hydrogen-bond acceptors (Lipinski definition) is 6. The Labute approximate surface area is 180 Å². The van der Waals surface area contributed by atoms with Crippen molar-refractivity contribution in [2.45, 2.75) is 50.3 Å². The Morgan fingerprint density at radius 2 is 2.13 bits per heavy atom. The molecule has 1 aromatic carbocycles. The molecule has 2 aromatic heterocycles. The SMILES string of the molecule is COC1(c2cnc3nc(N4CCC[C@@H]4C(=O)NCc4ccccc4)sc3c2)CCC1. The van der Waals surface area contributed by atoms with Gasteiger partial charge in [0, 0.05) is 32.0 Å². The lowest BCUT2D eigenvalue weighted by atomic mass is 9.75. The molecular formula is C23H26N4O2S. The Morgan fingerprint density at radius 3 is 2.87 bits per heavy atom. The number of thiazole rings is 1. The average molecular weight is 423 g/mol. The largest absolute Gasteiger partial charge is 0.373 e. The highest BCUT2D eigenvalue weighted by atomic mass is 32.1. The van der Waals surface area contributed by atoms with Crippen LogP contribution in [0.3, 0.4) is 0 Å². The van der Waals surface area contributed by atoms with Crippen LogP contribution < -0.4 is 10.2 Å². The van der Waals surface area contributed by atoms with Crippen LogP contribution in [0.1, 0.15) is 43.2 Å². The van der Waals surface area contributed by atoms with Gasteiger partial charge in [0.2, 0.25) is 5.91 Å². The molecule has 0 bridgehead atoms. The number of methoxy groups -OCH3 is 1. The molecule has 1 saturated heterocycles. The standard InChI is InChI=1S/C23H26N4O2S/c1-29-23(10-6-11-23)17-13-19-20(24-15-17)26-22(30-19)27-12-5-9-18(27)21(28)25-14-16-7-3-2-4-8-16/h2-4,7-8,13,15,18H,5-6,9-12,14H2,1H3,(H,25,28)/t18-/m1/s1. The van der Waals surface area contributed by atoms with E-state index in [1.54, 1.807) is 18.4 Å². The second-order valence-electron chi connectivity index (χ2n) is 8.15. The first-order valence-corrected chi connectivity index (χ1v) is 11.4. The summed E-state index contributed by atoms with van der Waals surface area (Å²) in [7, 11) is 1.78. The van der Waals surface area contributed by atoms with Gasteiger partial charge in [0.1, 0.15) is 6.04 Å². The van der Waals surface area contributed by atoms with Crippen LogP contribution >= 0.6 is 11.3 Å². The van der Waals surface area contributed by atoms with E-state index in [9.17, 15) is 4.79 Å². The van der Waals surface area contributed by atoms with E-state index in [4.69, 9.17) is 9.72 Å². The third-order valence-electron chi connectivity index (χ3n) is 6.42. The molecule has 3 aromatic rings. The highest BCUT2D eigenvalue weighted by molar-refractivity contribution is 7.22. The first-order chi connectivity index (χ1) is 14.7. The third-order valence-corrected chi connectivity index (χ3v) is 7.45. The fraction of sp³-hybridized carbons (Fsp3) is 0.435. The van der Waals surface area contributed by atoms with Gasteiger partial charge in [-0.2, -0.15) is 4.98 Å². The maximum atomic E-state index is 12.9. The van der Waals surface area contributed by atoms with Crippen molar-refractivity contribution in [2.24, 2.45) is 0 Å². The predicted molar refractivity (Wildman–Crippen MR) is 119 cm³/mol. The summed E-state index contributed by atoms with van der Waals surface area (Å²) in [5.74, 6) is 0.0667. The second kappa shape index (κ2) is 7.96. The number of carbonyl (C=O) groups is 1. The quantitative estimate of drug-likeness (QED) is 0.650. The molecule has 0 unspecified atom stereocenters. The summed E-state index contributed by atoms with van der Waals surface area (Å²) < 4.78 is 6.86. The zero-order valence-electron chi connectivity index (χ0n) is 17.1. The molecule has 0 spiro atoms. The van der Waals surface area contributed by atoms with E-state index in [0.29, 0.717) is 6.54 Å². The van der Waals surface area contributed by atoms with Crippen LogP contribution in [0.2, 0.25) is 0 Å². The monoisotopic (exact) mass is 422 g/mol. The second-order valence-corrected chi connectivity index (χ2v) is 9.16. The molecule has 3 heterocycles. The van der Waals surface area contributed by atoms with Gasteiger partial charge >= 0.3 is 0 Å². The molecule has 30 heavy (non-hydrogen) atoms. The summed E-state index contributed by atoms with van der Waals surface area (Å²) in [6.45, 7) is 1.39. The van der Waals surface area contributed by atoms with Crippen molar-refractivity contribution in [3.05, 3.63) is 53.7 Å². The summed E-state index contributed by atoms with van der Waals surface area (Å²) in [6.07, 6.45) is 7.01. The molecule has 7 heteroatoms. The smallest absolute Gasteiger partial charge is 0.243 e. The van der Waals surface area contributed by atoms with Gasteiger partial charge in [0.15, 0.2) is 10.8 Å². The van der Waals surface area contributed by atoms with E-state index in [1.165, 1.54) is 6.42 Å². The van der Waals surface area contributed by atoms with E-state index >= 15 is 0 Å². The predicted octanol–water partition coefficient (Wildman–Crippen LogP) is 4.00. The lowest BCUT2D eigenvalue weighted by Gasteiger charge is -2.40. The van der Waals surface area contributed by atoms with Crippen LogP contribution in [0.25, 0.3) is 10.3 Å². The minimum atomic E-state index is -0.182. The maximum absolute atomic E-state index is 12.9. The molecule has 1 saturated carbocycles. The molecule has 1 aliphatic carbocycles. The Bertz CT molecular complexity index is 1040. The number of aromatic nitrogens is 2. The molecule has 2 fully saturated rings. The molecule has 1 N–H and O–H groups in total. The van der Waals surface area contributed by atoms with Gasteiger partial charge in [0.05, 0.1) is 10.3 Å². The Morgan fingerprint density at radius 1 is 1.30 bits per heavy atom. The van der Waals surface area contributed by atoms with Crippen molar-refractivity contribution in [1.29, 1.82) is 0 Å². The minimum absolute atomic E-state index is 0.0667. The summed E-state index contributed by atoms with van der Waals surface area (Å²) in [6, 6.07) is 12.0. The molecule has 156 valence electrons. The molecule has 2 aliphatic rings. The van der Waals surface area contributed by atoms with Crippen LogP contribution in [0.5, 0.6) is 0 Å². The van der Waals surface area contributed by atoms with Gasteiger partial charge in [0.25, 0.3) is 0 Å². The summed E-state index contributed by atoms with van der Waals surface area (Å²) >= 11 is 1.62. The number of ether oxygens (including phenoxy) is 1. The normalized spacial score (nSPS) is 20.3. The number of nitrogens with one attached hydrogen (secondary N) is 1. The van der Waals surface area contributed by atoms with Gasteiger partial charge in [-0.05, 0) is 43.7 Å². The van der Waals surface area contributed by atoms with Gasteiger partial charge < -0.3 is 15.0 Å². The molecule has 1 aliphatic heterocycles. The van der Waals surface area contributed by atoms with Gasteiger partial charge in [-0.15, -0.1) is 0 Å². The van der Waals surface area contributed by atoms with Gasteiger partial charge in [-0.1, -0.05) is 41.7 Å². The van der Waals surface area contributed by atoms with E-state index in [2.05, 4.69) is 21.3 Å². The van der Waals surface area contributed by atoms with Gasteiger partial charge in [-0.25, -0.2) is 4.98 Å². The minimum Gasteiger partial charge on any atom is -0.373 e. The molecule has 6 nitrogen and oxygen atoms in total. The first kappa shape index (κ1) is 19.5. The number of pyridine rings is 1. The van der Waals surface area contributed by atoms with Crippen LogP contribution in [0.4, 0.5) is 5.13 Å². The number of nitrogens with zero attached hydrogens (tertiary/aromatic N) is 3. The van der Waals surface area contributed by atoms with Crippen molar-refractivity contribution in [2.75, 3.05) is 18.6 Å². The van der Waals surface area contributed by atoms with Crippen molar-refractivity contribution in [3.63, 3.8) is 0 Å². The zero-order chi connectivity index (χ0) is 20.6. The Hall–Kier alpha value is -2.51. The number of rotatable bonds is 6. The van der Waals surface area contributed by atoms with Crippen LogP contribution in [0, 0.1) is 0 Å². The summed E-state index contributed by atoms with van der Waals surface area (Å²) in [4.78, 5) is 24.4. The highest BCUT2D eigenvalue weighted by Gasteiger charge is 2.39. The van der Waals surface area contributed by atoms with Crippen molar-refractivity contribution in [1.82, 2.24) is 15.3 Å². The zero-order valence-corrected chi connectivity index (χ0v) is 18.0. The van der Waals surface area contributed by atoms with E-state index in [0.717, 1.165) is 58.8 Å². The van der Waals surface area contributed by atoms with Crippen molar-refractivity contribution in [3.8, 4) is 0 Å². The van der Waals surface area contributed by atoms with Crippen molar-refractivity contribution < 1.29 is 9.53 Å². The average Bonchev–Trinajstić information content (AvgIpc) is 3.39. The number of fused-ring (bicyclic) bond motifs is 1. The number of amides is 1. The van der Waals surface area contributed by atoms with Crippen LogP contribution in [-0.4, -0.2) is 35.6 Å².